The summed E-state index contributed by atoms with van der Waals surface area (Å²) < 4.78 is 49.5. The number of esters is 1. The van der Waals surface area contributed by atoms with Gasteiger partial charge in [-0.3, -0.25) is 13.9 Å². The number of nitrogens with zero attached hydrogens (tertiary/aromatic N) is 2. The zero-order valence-electron chi connectivity index (χ0n) is 31.7. The Morgan fingerprint density at radius 1 is 0.811 bits per heavy atom. The number of carbonyl (C=O) groups excluding carboxylic acids is 3. The first kappa shape index (κ1) is 39.8. The predicted molar refractivity (Wildman–Crippen MR) is 199 cm³/mol. The first-order chi connectivity index (χ1) is 24.9. The molecular formula is C41H52N2O9S. The molecule has 3 aromatic carbocycles. The average molecular weight is 749 g/mol. The molecule has 4 atom stereocenters. The Bertz CT molecular complexity index is 1850. The predicted octanol–water partition coefficient (Wildman–Crippen LogP) is 7.61. The lowest BCUT2D eigenvalue weighted by Gasteiger charge is -2.28. The zero-order chi connectivity index (χ0) is 38.6. The van der Waals surface area contributed by atoms with Gasteiger partial charge in [0.25, 0.3) is 10.1 Å². The summed E-state index contributed by atoms with van der Waals surface area (Å²) in [7, 11) is -4.12. The molecule has 0 aromatic heterocycles. The molecule has 0 radical (unpaired) electrons. The van der Waals surface area contributed by atoms with Crippen LogP contribution in [0, 0.1) is 18.8 Å². The van der Waals surface area contributed by atoms with Crippen LogP contribution in [0.2, 0.25) is 0 Å². The van der Waals surface area contributed by atoms with Crippen LogP contribution in [0.15, 0.2) is 83.8 Å². The van der Waals surface area contributed by atoms with Gasteiger partial charge in [-0.2, -0.15) is 8.42 Å². The fourth-order valence-electron chi connectivity index (χ4n) is 6.74. The monoisotopic (exact) mass is 748 g/mol. The van der Waals surface area contributed by atoms with Crippen LogP contribution in [0.1, 0.15) is 82.7 Å². The Morgan fingerprint density at radius 3 is 2.13 bits per heavy atom. The first-order valence-electron chi connectivity index (χ1n) is 18.1. The van der Waals surface area contributed by atoms with Crippen LogP contribution in [0.25, 0.3) is 0 Å². The molecule has 1 unspecified atom stereocenters. The molecule has 2 saturated heterocycles. The third kappa shape index (κ3) is 11.1. The highest BCUT2D eigenvalue weighted by Crippen LogP contribution is 2.37. The van der Waals surface area contributed by atoms with Crippen LogP contribution in [-0.4, -0.2) is 73.3 Å². The minimum Gasteiger partial charge on any atom is -0.460 e. The molecule has 2 fully saturated rings. The van der Waals surface area contributed by atoms with E-state index in [9.17, 15) is 22.8 Å². The number of aryl methyl sites for hydroxylation is 1. The SMILES string of the molecule is Cc1ccc(S(=O)(=O)O[C@@H]2CC(c3cccc(C[C@H](C(=O)OC(C)(C)C)[C@H]4CCN(C(=O)OC(C)(C)C)C4)c3)N(C(=O)OCc3ccccc3)C2)cc1. The smallest absolute Gasteiger partial charge is 0.410 e. The van der Waals surface area contributed by atoms with Gasteiger partial charge in [0.2, 0.25) is 0 Å². The first-order valence-corrected chi connectivity index (χ1v) is 19.5. The van der Waals surface area contributed by atoms with Crippen molar-refractivity contribution >= 4 is 28.3 Å². The van der Waals surface area contributed by atoms with Crippen molar-refractivity contribution in [1.29, 1.82) is 0 Å². The summed E-state index contributed by atoms with van der Waals surface area (Å²) in [4.78, 5) is 43.5. The average Bonchev–Trinajstić information content (AvgIpc) is 3.73. The number of amides is 2. The fraction of sp³-hybridized carbons (Fsp3) is 0.488. The number of hydrogen-bond donors (Lipinski definition) is 0. The van der Waals surface area contributed by atoms with Gasteiger partial charge >= 0.3 is 18.2 Å². The molecule has 11 nitrogen and oxygen atoms in total. The standard InChI is InChI=1S/C41H52N2O9S/c1-28-16-18-34(19-17-28)53(47,48)52-33-24-36(43(26-33)39(46)49-27-29-12-9-8-10-13-29)31-15-11-14-30(22-31)23-35(37(44)50-40(2,3)4)32-20-21-42(25-32)38(45)51-41(5,6)7/h8-19,22,32-33,35-36H,20-21,23-27H2,1-7H3/t32-,33+,35-,36?/m0/s1. The Hall–Kier alpha value is -4.42. The van der Waals surface area contributed by atoms with Crippen LogP contribution in [0.3, 0.4) is 0 Å². The van der Waals surface area contributed by atoms with Crippen LogP contribution >= 0.6 is 0 Å². The topological polar surface area (TPSA) is 129 Å². The molecule has 0 spiro atoms. The number of likely N-dealkylation sites (tertiary alicyclic amines) is 2. The summed E-state index contributed by atoms with van der Waals surface area (Å²) in [5.74, 6) is -1.06. The quantitative estimate of drug-likeness (QED) is 0.117. The Labute approximate surface area is 313 Å². The van der Waals surface area contributed by atoms with Gasteiger partial charge in [-0.1, -0.05) is 72.3 Å². The van der Waals surface area contributed by atoms with Crippen LogP contribution in [-0.2, 0) is 46.3 Å². The molecule has 0 bridgehead atoms. The number of carbonyl (C=O) groups is 3. The van der Waals surface area contributed by atoms with Gasteiger partial charge in [0.1, 0.15) is 17.8 Å². The molecule has 5 rings (SSSR count). The van der Waals surface area contributed by atoms with Crippen molar-refractivity contribution in [3.05, 3.63) is 101 Å². The molecule has 2 aliphatic rings. The van der Waals surface area contributed by atoms with Crippen molar-refractivity contribution in [3.8, 4) is 0 Å². The lowest BCUT2D eigenvalue weighted by atomic mass is 9.85. The maximum atomic E-state index is 13.7. The second-order valence-electron chi connectivity index (χ2n) is 16.0. The Kier molecular flexibility index (Phi) is 12.2. The minimum atomic E-state index is -4.12. The summed E-state index contributed by atoms with van der Waals surface area (Å²) in [6, 6.07) is 22.8. The highest BCUT2D eigenvalue weighted by Gasteiger charge is 2.42. The molecule has 12 heteroatoms. The maximum absolute atomic E-state index is 13.7. The highest BCUT2D eigenvalue weighted by atomic mass is 32.2. The van der Waals surface area contributed by atoms with E-state index in [0.717, 1.165) is 22.3 Å². The molecular weight excluding hydrogens is 697 g/mol. The van der Waals surface area contributed by atoms with Crippen molar-refractivity contribution in [1.82, 2.24) is 9.80 Å². The number of rotatable bonds is 10. The molecule has 0 saturated carbocycles. The van der Waals surface area contributed by atoms with Gasteiger partial charge in [0.05, 0.1) is 29.5 Å². The molecule has 3 aromatic rings. The van der Waals surface area contributed by atoms with Gasteiger partial charge in [0.15, 0.2) is 0 Å². The van der Waals surface area contributed by atoms with E-state index >= 15 is 0 Å². The van der Waals surface area contributed by atoms with Gasteiger partial charge < -0.3 is 19.1 Å². The second kappa shape index (κ2) is 16.3. The molecule has 2 heterocycles. The fourth-order valence-corrected chi connectivity index (χ4v) is 7.81. The van der Waals surface area contributed by atoms with E-state index in [0.29, 0.717) is 25.9 Å². The van der Waals surface area contributed by atoms with Gasteiger partial charge in [0, 0.05) is 19.5 Å². The molecule has 53 heavy (non-hydrogen) atoms. The van der Waals surface area contributed by atoms with E-state index in [2.05, 4.69) is 0 Å². The molecule has 2 amide bonds. The van der Waals surface area contributed by atoms with Crippen molar-refractivity contribution in [3.63, 3.8) is 0 Å². The van der Waals surface area contributed by atoms with Gasteiger partial charge in [-0.05, 0) is 96.0 Å². The van der Waals surface area contributed by atoms with E-state index in [-0.39, 0.29) is 36.4 Å². The molecule has 0 aliphatic carbocycles. The Balaban J connectivity index is 1.39. The van der Waals surface area contributed by atoms with Crippen molar-refractivity contribution in [2.75, 3.05) is 19.6 Å². The molecule has 0 N–H and O–H groups in total. The summed E-state index contributed by atoms with van der Waals surface area (Å²) in [6.45, 7) is 13.7. The van der Waals surface area contributed by atoms with Crippen molar-refractivity contribution in [2.45, 2.75) is 103 Å². The van der Waals surface area contributed by atoms with E-state index < -0.39 is 51.6 Å². The third-order valence-corrected chi connectivity index (χ3v) is 10.6. The number of hydrogen-bond acceptors (Lipinski definition) is 9. The largest absolute Gasteiger partial charge is 0.460 e. The van der Waals surface area contributed by atoms with E-state index in [1.165, 1.54) is 17.0 Å². The zero-order valence-corrected chi connectivity index (χ0v) is 32.6. The summed E-state index contributed by atoms with van der Waals surface area (Å²) in [6.07, 6.45) is -0.679. The second-order valence-corrected chi connectivity index (χ2v) is 17.6. The summed E-state index contributed by atoms with van der Waals surface area (Å²) in [5, 5.41) is 0. The normalized spacial score (nSPS) is 19.9. The van der Waals surface area contributed by atoms with Crippen molar-refractivity contribution < 1.29 is 41.2 Å². The lowest BCUT2D eigenvalue weighted by Crippen LogP contribution is -2.38. The van der Waals surface area contributed by atoms with Crippen molar-refractivity contribution in [2.24, 2.45) is 11.8 Å². The van der Waals surface area contributed by atoms with E-state index in [4.69, 9.17) is 18.4 Å². The van der Waals surface area contributed by atoms with E-state index in [1.54, 1.807) is 17.0 Å². The summed E-state index contributed by atoms with van der Waals surface area (Å²) >= 11 is 0. The summed E-state index contributed by atoms with van der Waals surface area (Å²) in [5.41, 5.74) is 1.97. The number of ether oxygens (including phenoxy) is 3. The van der Waals surface area contributed by atoms with Gasteiger partial charge in [-0.25, -0.2) is 9.59 Å². The maximum Gasteiger partial charge on any atom is 0.410 e. The van der Waals surface area contributed by atoms with Crippen LogP contribution < -0.4 is 0 Å². The van der Waals surface area contributed by atoms with Crippen LogP contribution in [0.5, 0.6) is 0 Å². The Morgan fingerprint density at radius 2 is 1.47 bits per heavy atom. The van der Waals surface area contributed by atoms with E-state index in [1.807, 2.05) is 103 Å². The van der Waals surface area contributed by atoms with Crippen LogP contribution in [0.4, 0.5) is 9.59 Å². The molecule has 286 valence electrons. The number of benzene rings is 3. The highest BCUT2D eigenvalue weighted by molar-refractivity contribution is 7.86. The lowest BCUT2D eigenvalue weighted by molar-refractivity contribution is -0.162. The molecule has 2 aliphatic heterocycles. The van der Waals surface area contributed by atoms with Gasteiger partial charge in [-0.15, -0.1) is 0 Å². The minimum absolute atomic E-state index is 0.00326. The third-order valence-electron chi connectivity index (χ3n) is 9.22.